The monoisotopic (exact) mass is 229 g/mol. The van der Waals surface area contributed by atoms with Crippen LogP contribution in [0.3, 0.4) is 0 Å². The highest BCUT2D eigenvalue weighted by Crippen LogP contribution is 2.08. The zero-order valence-electron chi connectivity index (χ0n) is 8.96. The second-order valence-corrected chi connectivity index (χ2v) is 3.17. The first-order valence-corrected chi connectivity index (χ1v) is 5.04. The van der Waals surface area contributed by atoms with Crippen molar-refractivity contribution < 1.29 is 9.53 Å². The molecule has 0 fully saturated rings. The van der Waals surface area contributed by atoms with Gasteiger partial charge in [0.25, 0.3) is 0 Å². The molecule has 5 nitrogen and oxygen atoms in total. The molecular formula is C12H11N3O2. The van der Waals surface area contributed by atoms with Crippen LogP contribution in [0.25, 0.3) is 0 Å². The Morgan fingerprint density at radius 3 is 2.53 bits per heavy atom. The number of pyridine rings is 1. The standard InChI is InChI=1S/C12H11N3O2/c16-12(17-10-6-2-1-3-7-10)15-14-11-8-4-5-9-13-11/h1-9H,(H,13,14)(H,15,16). The Morgan fingerprint density at radius 1 is 1.06 bits per heavy atom. The molecule has 0 spiro atoms. The third kappa shape index (κ3) is 3.49. The van der Waals surface area contributed by atoms with Gasteiger partial charge in [-0.05, 0) is 24.3 Å². The lowest BCUT2D eigenvalue weighted by Crippen LogP contribution is -2.32. The van der Waals surface area contributed by atoms with E-state index in [1.807, 2.05) is 6.07 Å². The first-order chi connectivity index (χ1) is 8.34. The minimum atomic E-state index is -0.596. The van der Waals surface area contributed by atoms with Gasteiger partial charge in [-0.3, -0.25) is 5.43 Å². The molecule has 0 atom stereocenters. The van der Waals surface area contributed by atoms with E-state index in [-0.39, 0.29) is 0 Å². The van der Waals surface area contributed by atoms with Gasteiger partial charge >= 0.3 is 6.09 Å². The lowest BCUT2D eigenvalue weighted by Gasteiger charge is -2.07. The zero-order chi connectivity index (χ0) is 11.9. The summed E-state index contributed by atoms with van der Waals surface area (Å²) in [5.41, 5.74) is 5.00. The number of amides is 1. The molecule has 0 saturated heterocycles. The fraction of sp³-hybridized carbons (Fsp3) is 0. The molecule has 0 aliphatic heterocycles. The highest BCUT2D eigenvalue weighted by Gasteiger charge is 2.02. The maximum atomic E-state index is 11.4. The summed E-state index contributed by atoms with van der Waals surface area (Å²) >= 11 is 0. The van der Waals surface area contributed by atoms with Crippen LogP contribution >= 0.6 is 0 Å². The summed E-state index contributed by atoms with van der Waals surface area (Å²) in [6, 6.07) is 14.1. The fourth-order valence-corrected chi connectivity index (χ4v) is 1.17. The Balaban J connectivity index is 1.83. The predicted molar refractivity (Wildman–Crippen MR) is 63.5 cm³/mol. The second kappa shape index (κ2) is 5.50. The normalized spacial score (nSPS) is 9.41. The van der Waals surface area contributed by atoms with Gasteiger partial charge in [0.05, 0.1) is 0 Å². The molecule has 0 bridgehead atoms. The van der Waals surface area contributed by atoms with Crippen molar-refractivity contribution in [1.29, 1.82) is 0 Å². The number of hydrazine groups is 1. The molecule has 86 valence electrons. The van der Waals surface area contributed by atoms with E-state index in [1.165, 1.54) is 0 Å². The van der Waals surface area contributed by atoms with Crippen molar-refractivity contribution in [1.82, 2.24) is 10.4 Å². The summed E-state index contributed by atoms with van der Waals surface area (Å²) in [5.74, 6) is 1.02. The lowest BCUT2D eigenvalue weighted by molar-refractivity contribution is 0.203. The average molecular weight is 229 g/mol. The van der Waals surface area contributed by atoms with Crippen LogP contribution in [-0.4, -0.2) is 11.1 Å². The quantitative estimate of drug-likeness (QED) is 0.792. The topological polar surface area (TPSA) is 63.2 Å². The average Bonchev–Trinajstić information content (AvgIpc) is 2.39. The summed E-state index contributed by atoms with van der Waals surface area (Å²) in [5, 5.41) is 0. The third-order valence-electron chi connectivity index (χ3n) is 1.91. The van der Waals surface area contributed by atoms with Gasteiger partial charge in [-0.15, -0.1) is 0 Å². The summed E-state index contributed by atoms with van der Waals surface area (Å²) in [6.07, 6.45) is 1.02. The molecule has 0 unspecified atom stereocenters. The minimum absolute atomic E-state index is 0.479. The van der Waals surface area contributed by atoms with E-state index < -0.39 is 6.09 Å². The van der Waals surface area contributed by atoms with Crippen LogP contribution in [-0.2, 0) is 0 Å². The van der Waals surface area contributed by atoms with Crippen molar-refractivity contribution in [2.45, 2.75) is 0 Å². The van der Waals surface area contributed by atoms with Crippen molar-refractivity contribution in [3.63, 3.8) is 0 Å². The molecule has 1 aromatic heterocycles. The molecule has 0 radical (unpaired) electrons. The predicted octanol–water partition coefficient (Wildman–Crippen LogP) is 2.20. The summed E-state index contributed by atoms with van der Waals surface area (Å²) in [4.78, 5) is 15.3. The second-order valence-electron chi connectivity index (χ2n) is 3.17. The first-order valence-electron chi connectivity index (χ1n) is 5.04. The summed E-state index contributed by atoms with van der Waals surface area (Å²) in [7, 11) is 0. The van der Waals surface area contributed by atoms with Crippen LogP contribution in [0, 0.1) is 0 Å². The zero-order valence-corrected chi connectivity index (χ0v) is 8.96. The van der Waals surface area contributed by atoms with Crippen LogP contribution in [0.4, 0.5) is 10.6 Å². The van der Waals surface area contributed by atoms with Gasteiger partial charge < -0.3 is 4.74 Å². The van der Waals surface area contributed by atoms with E-state index in [1.54, 1.807) is 48.7 Å². The molecule has 1 aromatic carbocycles. The van der Waals surface area contributed by atoms with E-state index in [0.717, 1.165) is 0 Å². The van der Waals surface area contributed by atoms with Gasteiger partial charge in [0.15, 0.2) is 0 Å². The van der Waals surface area contributed by atoms with Crippen LogP contribution in [0.5, 0.6) is 5.75 Å². The molecule has 2 aromatic rings. The minimum Gasteiger partial charge on any atom is -0.409 e. The van der Waals surface area contributed by atoms with E-state index >= 15 is 0 Å². The molecule has 5 heteroatoms. The molecule has 1 heterocycles. The number of aromatic nitrogens is 1. The fourth-order valence-electron chi connectivity index (χ4n) is 1.17. The smallest absolute Gasteiger partial charge is 0.409 e. The third-order valence-corrected chi connectivity index (χ3v) is 1.91. The Hall–Kier alpha value is -2.56. The van der Waals surface area contributed by atoms with Crippen LogP contribution in [0.2, 0.25) is 0 Å². The summed E-state index contributed by atoms with van der Waals surface area (Å²) < 4.78 is 5.00. The van der Waals surface area contributed by atoms with Gasteiger partial charge in [-0.2, -0.15) is 0 Å². The number of hydrogen-bond donors (Lipinski definition) is 2. The highest BCUT2D eigenvalue weighted by molar-refractivity contribution is 5.71. The number of anilines is 1. The SMILES string of the molecule is O=C(NNc1ccccn1)Oc1ccccc1. The number of carbonyl (C=O) groups excluding carboxylic acids is 1. The maximum absolute atomic E-state index is 11.4. The van der Waals surface area contributed by atoms with Crippen molar-refractivity contribution in [3.8, 4) is 5.75 Å². The number of nitrogens with zero attached hydrogens (tertiary/aromatic N) is 1. The van der Waals surface area contributed by atoms with E-state index in [2.05, 4.69) is 15.8 Å². The number of rotatable bonds is 3. The van der Waals surface area contributed by atoms with E-state index in [0.29, 0.717) is 11.6 Å². The Kier molecular flexibility index (Phi) is 3.54. The van der Waals surface area contributed by atoms with Gasteiger partial charge in [-0.1, -0.05) is 24.3 Å². The largest absolute Gasteiger partial charge is 0.431 e. The Bertz CT molecular complexity index is 474. The maximum Gasteiger partial charge on any atom is 0.431 e. The highest BCUT2D eigenvalue weighted by atomic mass is 16.6. The van der Waals surface area contributed by atoms with Crippen molar-refractivity contribution in [2.75, 3.05) is 5.43 Å². The van der Waals surface area contributed by atoms with Gasteiger partial charge in [-0.25, -0.2) is 15.2 Å². The summed E-state index contributed by atoms with van der Waals surface area (Å²) in [6.45, 7) is 0. The van der Waals surface area contributed by atoms with Crippen molar-refractivity contribution in [2.24, 2.45) is 0 Å². The number of ether oxygens (including phenoxy) is 1. The van der Waals surface area contributed by atoms with Crippen LogP contribution in [0.1, 0.15) is 0 Å². The number of para-hydroxylation sites is 1. The van der Waals surface area contributed by atoms with E-state index in [4.69, 9.17) is 4.74 Å². The van der Waals surface area contributed by atoms with Crippen molar-refractivity contribution in [3.05, 3.63) is 54.7 Å². The molecule has 17 heavy (non-hydrogen) atoms. The number of benzene rings is 1. The Labute approximate surface area is 98.4 Å². The van der Waals surface area contributed by atoms with Gasteiger partial charge in [0.2, 0.25) is 0 Å². The Morgan fingerprint density at radius 2 is 1.82 bits per heavy atom. The molecule has 1 amide bonds. The van der Waals surface area contributed by atoms with Crippen molar-refractivity contribution >= 4 is 11.9 Å². The molecule has 2 rings (SSSR count). The number of nitrogens with one attached hydrogen (secondary N) is 2. The van der Waals surface area contributed by atoms with E-state index in [9.17, 15) is 4.79 Å². The van der Waals surface area contributed by atoms with Gasteiger partial charge in [0, 0.05) is 6.20 Å². The van der Waals surface area contributed by atoms with Gasteiger partial charge in [0.1, 0.15) is 11.6 Å². The van der Waals surface area contributed by atoms with Crippen LogP contribution < -0.4 is 15.6 Å². The molecular weight excluding hydrogens is 218 g/mol. The molecule has 0 aliphatic carbocycles. The number of hydrogen-bond acceptors (Lipinski definition) is 4. The molecule has 0 saturated carbocycles. The molecule has 0 aliphatic rings. The first kappa shape index (κ1) is 10.9. The molecule has 2 N–H and O–H groups in total. The van der Waals surface area contributed by atoms with Crippen LogP contribution in [0.15, 0.2) is 54.7 Å². The number of carbonyl (C=O) groups is 1. The lowest BCUT2D eigenvalue weighted by atomic mass is 10.3.